The van der Waals surface area contributed by atoms with Gasteiger partial charge in [0.2, 0.25) is 5.91 Å². The van der Waals surface area contributed by atoms with Crippen LogP contribution in [0.25, 0.3) is 0 Å². The summed E-state index contributed by atoms with van der Waals surface area (Å²) in [6.07, 6.45) is 8.53. The van der Waals surface area contributed by atoms with E-state index in [2.05, 4.69) is 40.8 Å². The van der Waals surface area contributed by atoms with Crippen molar-refractivity contribution < 1.29 is 4.79 Å². The van der Waals surface area contributed by atoms with Gasteiger partial charge in [0, 0.05) is 19.0 Å². The number of carbonyl (C=O) groups is 1. The second kappa shape index (κ2) is 8.81. The van der Waals surface area contributed by atoms with Crippen molar-refractivity contribution in [2.45, 2.75) is 51.0 Å². The summed E-state index contributed by atoms with van der Waals surface area (Å²) >= 11 is 0. The number of carbonyl (C=O) groups excluding carboxylic acids is 1. The van der Waals surface area contributed by atoms with E-state index in [-0.39, 0.29) is 36.6 Å². The molecular weight excluding hydrogens is 369 g/mol. The monoisotopic (exact) mass is 399 g/mol. The summed E-state index contributed by atoms with van der Waals surface area (Å²) < 4.78 is 0. The zero-order valence-electron chi connectivity index (χ0n) is 15.5. The van der Waals surface area contributed by atoms with Crippen LogP contribution in [0.1, 0.15) is 44.9 Å². The average Bonchev–Trinajstić information content (AvgIpc) is 3.05. The van der Waals surface area contributed by atoms with Crippen LogP contribution in [0.5, 0.6) is 0 Å². The fourth-order valence-corrected chi connectivity index (χ4v) is 4.79. The molecule has 6 heteroatoms. The van der Waals surface area contributed by atoms with Crippen LogP contribution in [0.3, 0.4) is 0 Å². The van der Waals surface area contributed by atoms with E-state index in [0.29, 0.717) is 11.5 Å². The third-order valence-corrected chi connectivity index (χ3v) is 6.52. The zero-order valence-corrected chi connectivity index (χ0v) is 17.1. The SMILES string of the molecule is CN(c1ccccc1NC(=O)C1CC12CCNCC2)C1CCCC1.Cl.Cl. The summed E-state index contributed by atoms with van der Waals surface area (Å²) in [5.74, 6) is 0.439. The lowest BCUT2D eigenvalue weighted by Gasteiger charge is -2.29. The Bertz CT molecular complexity index is 613. The van der Waals surface area contributed by atoms with E-state index < -0.39 is 0 Å². The summed E-state index contributed by atoms with van der Waals surface area (Å²) in [6.45, 7) is 2.12. The van der Waals surface area contributed by atoms with Crippen LogP contribution in [0.15, 0.2) is 24.3 Å². The fraction of sp³-hybridized carbons (Fsp3) is 0.650. The van der Waals surface area contributed by atoms with E-state index in [9.17, 15) is 4.79 Å². The predicted octanol–water partition coefficient (Wildman–Crippen LogP) is 4.24. The quantitative estimate of drug-likeness (QED) is 0.795. The van der Waals surface area contributed by atoms with Crippen LogP contribution in [0, 0.1) is 11.3 Å². The van der Waals surface area contributed by atoms with Gasteiger partial charge in [0.15, 0.2) is 0 Å². The number of rotatable bonds is 4. The number of hydrogen-bond donors (Lipinski definition) is 2. The molecule has 2 saturated carbocycles. The van der Waals surface area contributed by atoms with Gasteiger partial charge in [0.1, 0.15) is 0 Å². The van der Waals surface area contributed by atoms with Gasteiger partial charge in [-0.2, -0.15) is 0 Å². The van der Waals surface area contributed by atoms with Gasteiger partial charge in [-0.3, -0.25) is 4.79 Å². The van der Waals surface area contributed by atoms with E-state index in [1.54, 1.807) is 0 Å². The molecule has 2 N–H and O–H groups in total. The van der Waals surface area contributed by atoms with E-state index in [1.807, 2.05) is 6.07 Å². The first-order valence-electron chi connectivity index (χ1n) is 9.53. The Morgan fingerprint density at radius 3 is 2.50 bits per heavy atom. The van der Waals surface area contributed by atoms with Crippen LogP contribution >= 0.6 is 24.8 Å². The normalized spacial score (nSPS) is 23.7. The highest BCUT2D eigenvalue weighted by atomic mass is 35.5. The smallest absolute Gasteiger partial charge is 0.228 e. The molecule has 3 fully saturated rings. The second-order valence-corrected chi connectivity index (χ2v) is 7.92. The van der Waals surface area contributed by atoms with Crippen LogP contribution in [-0.4, -0.2) is 32.1 Å². The summed E-state index contributed by atoms with van der Waals surface area (Å²) in [5, 5.41) is 6.65. The van der Waals surface area contributed by atoms with Gasteiger partial charge in [-0.15, -0.1) is 24.8 Å². The van der Waals surface area contributed by atoms with Crippen molar-refractivity contribution in [1.82, 2.24) is 5.32 Å². The maximum atomic E-state index is 12.8. The number of nitrogens with one attached hydrogen (secondary N) is 2. The molecule has 1 aliphatic heterocycles. The number of hydrogen-bond acceptors (Lipinski definition) is 3. The molecule has 26 heavy (non-hydrogen) atoms. The van der Waals surface area contributed by atoms with Gasteiger partial charge in [-0.05, 0) is 62.7 Å². The van der Waals surface area contributed by atoms with Gasteiger partial charge < -0.3 is 15.5 Å². The van der Waals surface area contributed by atoms with Crippen LogP contribution in [0.2, 0.25) is 0 Å². The number of anilines is 2. The summed E-state index contributed by atoms with van der Waals surface area (Å²) in [5.41, 5.74) is 2.44. The highest BCUT2D eigenvalue weighted by Crippen LogP contribution is 2.58. The van der Waals surface area contributed by atoms with Crippen molar-refractivity contribution in [2.24, 2.45) is 11.3 Å². The molecular formula is C20H31Cl2N3O. The average molecular weight is 400 g/mol. The van der Waals surface area contributed by atoms with Crippen molar-refractivity contribution >= 4 is 42.1 Å². The maximum Gasteiger partial charge on any atom is 0.228 e. The molecule has 1 amide bonds. The van der Waals surface area contributed by atoms with E-state index >= 15 is 0 Å². The van der Waals surface area contributed by atoms with Gasteiger partial charge in [-0.1, -0.05) is 25.0 Å². The van der Waals surface area contributed by atoms with Gasteiger partial charge in [0.25, 0.3) is 0 Å². The van der Waals surface area contributed by atoms with Gasteiger partial charge in [-0.25, -0.2) is 0 Å². The number of benzene rings is 1. The molecule has 1 spiro atoms. The van der Waals surface area contributed by atoms with Crippen molar-refractivity contribution in [2.75, 3.05) is 30.4 Å². The third-order valence-electron chi connectivity index (χ3n) is 6.52. The number of para-hydroxylation sites is 2. The minimum atomic E-state index is 0. The van der Waals surface area contributed by atoms with Gasteiger partial charge in [0.05, 0.1) is 11.4 Å². The number of halogens is 2. The summed E-state index contributed by atoms with van der Waals surface area (Å²) in [4.78, 5) is 15.2. The third kappa shape index (κ3) is 4.13. The minimum absolute atomic E-state index is 0. The Labute approximate surface area is 169 Å². The topological polar surface area (TPSA) is 44.4 Å². The van der Waals surface area contributed by atoms with Crippen molar-refractivity contribution in [1.29, 1.82) is 0 Å². The Hall–Kier alpha value is -0.970. The first-order valence-corrected chi connectivity index (χ1v) is 9.53. The Morgan fingerprint density at radius 2 is 1.81 bits per heavy atom. The lowest BCUT2D eigenvalue weighted by atomic mass is 9.92. The molecule has 146 valence electrons. The molecule has 1 saturated heterocycles. The highest BCUT2D eigenvalue weighted by Gasteiger charge is 2.57. The van der Waals surface area contributed by atoms with Crippen LogP contribution in [0.4, 0.5) is 11.4 Å². The van der Waals surface area contributed by atoms with Gasteiger partial charge >= 0.3 is 0 Å². The van der Waals surface area contributed by atoms with Crippen LogP contribution < -0.4 is 15.5 Å². The molecule has 1 aromatic rings. The Kier molecular flexibility index (Phi) is 7.23. The van der Waals surface area contributed by atoms with Crippen molar-refractivity contribution in [3.63, 3.8) is 0 Å². The molecule has 0 aromatic heterocycles. The van der Waals surface area contributed by atoms with Crippen molar-refractivity contribution in [3.05, 3.63) is 24.3 Å². The highest BCUT2D eigenvalue weighted by molar-refractivity contribution is 5.98. The molecule has 1 unspecified atom stereocenters. The largest absolute Gasteiger partial charge is 0.370 e. The molecule has 1 aromatic carbocycles. The number of nitrogens with zero attached hydrogens (tertiary/aromatic N) is 1. The maximum absolute atomic E-state index is 12.8. The Balaban J connectivity index is 0.00000121. The molecule has 1 heterocycles. The molecule has 3 aliphatic rings. The molecule has 0 radical (unpaired) electrons. The number of amides is 1. The molecule has 4 rings (SSSR count). The van der Waals surface area contributed by atoms with Crippen LogP contribution in [-0.2, 0) is 4.79 Å². The summed E-state index contributed by atoms with van der Waals surface area (Å²) in [7, 11) is 2.17. The second-order valence-electron chi connectivity index (χ2n) is 7.92. The standard InChI is InChI=1S/C20H29N3O.2ClH/c1-23(15-6-2-3-7-15)18-9-5-4-8-17(18)22-19(24)16-14-20(16)10-12-21-13-11-20;;/h4-5,8-9,15-16,21H,2-3,6-7,10-14H2,1H3,(H,22,24);2*1H. The Morgan fingerprint density at radius 1 is 1.15 bits per heavy atom. The van der Waals surface area contributed by atoms with Crippen molar-refractivity contribution in [3.8, 4) is 0 Å². The molecule has 2 aliphatic carbocycles. The molecule has 1 atom stereocenters. The molecule has 4 nitrogen and oxygen atoms in total. The zero-order chi connectivity index (χ0) is 16.6. The first kappa shape index (κ1) is 21.3. The number of piperidine rings is 1. The summed E-state index contributed by atoms with van der Waals surface area (Å²) in [6, 6.07) is 8.90. The van der Waals surface area contributed by atoms with E-state index in [1.165, 1.54) is 25.7 Å². The lowest BCUT2D eigenvalue weighted by molar-refractivity contribution is -0.118. The predicted molar refractivity (Wildman–Crippen MR) is 113 cm³/mol. The minimum Gasteiger partial charge on any atom is -0.370 e. The fourth-order valence-electron chi connectivity index (χ4n) is 4.79. The first-order chi connectivity index (χ1) is 11.7. The lowest BCUT2D eigenvalue weighted by Crippen LogP contribution is -2.32. The van der Waals surface area contributed by atoms with E-state index in [4.69, 9.17) is 0 Å². The van der Waals surface area contributed by atoms with E-state index in [0.717, 1.165) is 43.7 Å². The molecule has 0 bridgehead atoms.